The van der Waals surface area contributed by atoms with Crippen LogP contribution >= 0.6 is 0 Å². The molecule has 2 rings (SSSR count). The van der Waals surface area contributed by atoms with Crippen molar-refractivity contribution in [3.8, 4) is 0 Å². The minimum Gasteiger partial charge on any atom is -0.303 e. The standard InChI is InChI=1S/C15H20F4N2O2S/c16-13-6-5-12(15(17,18)19)11-14(13)24(22,23)20-7-4-10-21-8-2-1-3-9-21/h5-6,11,20H,1-4,7-10H2. The van der Waals surface area contributed by atoms with Gasteiger partial charge in [-0.2, -0.15) is 13.2 Å². The Labute approximate surface area is 138 Å². The summed E-state index contributed by atoms with van der Waals surface area (Å²) in [7, 11) is -4.32. The fraction of sp³-hybridized carbons (Fsp3) is 0.600. The average molecular weight is 368 g/mol. The van der Waals surface area contributed by atoms with Crippen LogP contribution in [0.3, 0.4) is 0 Å². The molecule has 1 N–H and O–H groups in total. The molecule has 9 heteroatoms. The SMILES string of the molecule is O=S(=O)(NCCCN1CCCCC1)c1cc(C(F)(F)F)ccc1F. The molecule has 1 aliphatic rings. The first-order chi connectivity index (χ1) is 11.2. The van der Waals surface area contributed by atoms with Crippen molar-refractivity contribution < 1.29 is 26.0 Å². The second kappa shape index (κ2) is 7.79. The summed E-state index contributed by atoms with van der Waals surface area (Å²) < 4.78 is 77.9. The summed E-state index contributed by atoms with van der Waals surface area (Å²) in [4.78, 5) is 1.23. The van der Waals surface area contributed by atoms with Crippen molar-refractivity contribution in [2.24, 2.45) is 0 Å². The van der Waals surface area contributed by atoms with Crippen molar-refractivity contribution in [1.29, 1.82) is 0 Å². The molecule has 0 spiro atoms. The van der Waals surface area contributed by atoms with E-state index in [9.17, 15) is 26.0 Å². The highest BCUT2D eigenvalue weighted by atomic mass is 32.2. The van der Waals surface area contributed by atoms with E-state index >= 15 is 0 Å². The van der Waals surface area contributed by atoms with Gasteiger partial charge in [0, 0.05) is 6.54 Å². The number of nitrogens with one attached hydrogen (secondary N) is 1. The van der Waals surface area contributed by atoms with Gasteiger partial charge in [0.2, 0.25) is 10.0 Å². The third-order valence-corrected chi connectivity index (χ3v) is 5.42. The summed E-state index contributed by atoms with van der Waals surface area (Å²) >= 11 is 0. The Kier molecular flexibility index (Phi) is 6.22. The Bertz CT molecular complexity index is 656. The first kappa shape index (κ1) is 19.1. The number of halogens is 4. The van der Waals surface area contributed by atoms with Gasteiger partial charge in [0.1, 0.15) is 10.7 Å². The molecule has 1 fully saturated rings. The van der Waals surface area contributed by atoms with Crippen LogP contribution in [0.25, 0.3) is 0 Å². The molecule has 0 radical (unpaired) electrons. The molecule has 4 nitrogen and oxygen atoms in total. The number of piperidine rings is 1. The van der Waals surface area contributed by atoms with Gasteiger partial charge in [-0.3, -0.25) is 0 Å². The zero-order valence-electron chi connectivity index (χ0n) is 13.1. The van der Waals surface area contributed by atoms with Crippen molar-refractivity contribution in [2.45, 2.75) is 36.8 Å². The molecule has 0 amide bonds. The molecule has 0 aliphatic carbocycles. The molecule has 136 valence electrons. The molecule has 0 atom stereocenters. The molecule has 1 aromatic carbocycles. The molecule has 0 unspecified atom stereocenters. The normalized spacial score (nSPS) is 17.2. The van der Waals surface area contributed by atoms with Gasteiger partial charge in [0.25, 0.3) is 0 Å². The number of alkyl halides is 3. The number of rotatable bonds is 6. The van der Waals surface area contributed by atoms with Gasteiger partial charge in [0.15, 0.2) is 0 Å². The maximum atomic E-state index is 13.7. The van der Waals surface area contributed by atoms with Crippen LogP contribution in [-0.4, -0.2) is 39.5 Å². The van der Waals surface area contributed by atoms with E-state index in [0.717, 1.165) is 25.9 Å². The molecule has 0 saturated carbocycles. The molecule has 1 aliphatic heterocycles. The highest BCUT2D eigenvalue weighted by Crippen LogP contribution is 2.31. The topological polar surface area (TPSA) is 49.4 Å². The average Bonchev–Trinajstić information content (AvgIpc) is 2.52. The molecule has 24 heavy (non-hydrogen) atoms. The van der Waals surface area contributed by atoms with Crippen LogP contribution in [0, 0.1) is 5.82 Å². The fourth-order valence-corrected chi connectivity index (χ4v) is 3.83. The number of hydrogen-bond acceptors (Lipinski definition) is 3. The quantitative estimate of drug-likeness (QED) is 0.620. The second-order valence-corrected chi connectivity index (χ2v) is 7.53. The van der Waals surface area contributed by atoms with Crippen LogP contribution in [0.4, 0.5) is 17.6 Å². The van der Waals surface area contributed by atoms with Crippen molar-refractivity contribution in [2.75, 3.05) is 26.2 Å². The summed E-state index contributed by atoms with van der Waals surface area (Å²) in [6, 6.07) is 1.36. The van der Waals surface area contributed by atoms with Gasteiger partial charge >= 0.3 is 6.18 Å². The molecular weight excluding hydrogens is 348 g/mol. The fourth-order valence-electron chi connectivity index (χ4n) is 2.66. The smallest absolute Gasteiger partial charge is 0.303 e. The van der Waals surface area contributed by atoms with Gasteiger partial charge in [-0.25, -0.2) is 17.5 Å². The second-order valence-electron chi connectivity index (χ2n) is 5.80. The third kappa shape index (κ3) is 5.15. The van der Waals surface area contributed by atoms with Gasteiger partial charge in [-0.15, -0.1) is 0 Å². The molecule has 1 saturated heterocycles. The lowest BCUT2D eigenvalue weighted by molar-refractivity contribution is -0.137. The molecule has 0 aromatic heterocycles. The number of nitrogens with zero attached hydrogens (tertiary/aromatic N) is 1. The van der Waals surface area contributed by atoms with E-state index in [4.69, 9.17) is 0 Å². The van der Waals surface area contributed by atoms with Crippen molar-refractivity contribution in [3.63, 3.8) is 0 Å². The van der Waals surface area contributed by atoms with E-state index in [2.05, 4.69) is 9.62 Å². The van der Waals surface area contributed by atoms with Crippen LogP contribution in [0.5, 0.6) is 0 Å². The van der Waals surface area contributed by atoms with Crippen LogP contribution in [0.2, 0.25) is 0 Å². The Morgan fingerprint density at radius 1 is 1.12 bits per heavy atom. The Balaban J connectivity index is 1.97. The summed E-state index contributed by atoms with van der Waals surface area (Å²) in [6.07, 6.45) is -0.799. The summed E-state index contributed by atoms with van der Waals surface area (Å²) in [5.74, 6) is -1.20. The maximum Gasteiger partial charge on any atom is 0.416 e. The van der Waals surface area contributed by atoms with Gasteiger partial charge in [-0.05, 0) is 57.1 Å². The molecule has 0 bridgehead atoms. The van der Waals surface area contributed by atoms with E-state index in [1.807, 2.05) is 0 Å². The number of sulfonamides is 1. The van der Waals surface area contributed by atoms with Gasteiger partial charge in [-0.1, -0.05) is 6.42 Å². The first-order valence-corrected chi connectivity index (χ1v) is 9.27. The maximum absolute atomic E-state index is 13.7. The molecule has 1 heterocycles. The van der Waals surface area contributed by atoms with E-state index in [1.54, 1.807) is 0 Å². The first-order valence-electron chi connectivity index (χ1n) is 7.79. The van der Waals surface area contributed by atoms with Crippen LogP contribution in [0.15, 0.2) is 23.1 Å². The van der Waals surface area contributed by atoms with Crippen LogP contribution in [-0.2, 0) is 16.2 Å². The summed E-state index contributed by atoms with van der Waals surface area (Å²) in [5, 5.41) is 0. The molecular formula is C15H20F4N2O2S. The lowest BCUT2D eigenvalue weighted by atomic mass is 10.1. The monoisotopic (exact) mass is 368 g/mol. The third-order valence-electron chi connectivity index (χ3n) is 3.94. The minimum absolute atomic E-state index is 0.0501. The van der Waals surface area contributed by atoms with E-state index < -0.39 is 32.5 Å². The van der Waals surface area contributed by atoms with Gasteiger partial charge < -0.3 is 4.90 Å². The zero-order chi connectivity index (χ0) is 17.8. The number of benzene rings is 1. The van der Waals surface area contributed by atoms with E-state index in [0.29, 0.717) is 31.2 Å². The largest absolute Gasteiger partial charge is 0.416 e. The Morgan fingerprint density at radius 3 is 2.42 bits per heavy atom. The van der Waals surface area contributed by atoms with Crippen molar-refractivity contribution in [3.05, 3.63) is 29.6 Å². The predicted molar refractivity (Wildman–Crippen MR) is 81.5 cm³/mol. The van der Waals surface area contributed by atoms with Crippen molar-refractivity contribution >= 4 is 10.0 Å². The van der Waals surface area contributed by atoms with Crippen LogP contribution in [0.1, 0.15) is 31.2 Å². The zero-order valence-corrected chi connectivity index (χ0v) is 13.9. The van der Waals surface area contributed by atoms with E-state index in [1.165, 1.54) is 6.42 Å². The highest BCUT2D eigenvalue weighted by Gasteiger charge is 2.33. The Morgan fingerprint density at radius 2 is 1.79 bits per heavy atom. The minimum atomic E-state index is -4.73. The van der Waals surface area contributed by atoms with Crippen molar-refractivity contribution in [1.82, 2.24) is 9.62 Å². The lowest BCUT2D eigenvalue weighted by Gasteiger charge is -2.26. The summed E-state index contributed by atoms with van der Waals surface area (Å²) in [5.41, 5.74) is -1.20. The number of likely N-dealkylation sites (tertiary alicyclic amines) is 1. The number of hydrogen-bond donors (Lipinski definition) is 1. The molecule has 1 aromatic rings. The Hall–Kier alpha value is -1.19. The van der Waals surface area contributed by atoms with E-state index in [-0.39, 0.29) is 6.54 Å². The van der Waals surface area contributed by atoms with Crippen LogP contribution < -0.4 is 4.72 Å². The van der Waals surface area contributed by atoms with Gasteiger partial charge in [0.05, 0.1) is 5.56 Å². The predicted octanol–water partition coefficient (Wildman–Crippen LogP) is 3.00. The highest BCUT2D eigenvalue weighted by molar-refractivity contribution is 7.89. The summed E-state index contributed by atoms with van der Waals surface area (Å²) in [6.45, 7) is 2.69. The lowest BCUT2D eigenvalue weighted by Crippen LogP contribution is -2.33.